The van der Waals surface area contributed by atoms with Gasteiger partial charge in [0.05, 0.1) is 34.7 Å². The second-order valence-electron chi connectivity index (χ2n) is 9.98. The maximum Gasteiger partial charge on any atom is 0.295 e. The van der Waals surface area contributed by atoms with Gasteiger partial charge in [-0.05, 0) is 31.3 Å². The SMILES string of the molecule is COc1cc(OC)c(P(c2ccccc2Oc2ccccc2)c2cccc([Si](C)(C)C)c2S(=O)(=O)O)c(OC)c1. The number of benzene rings is 4. The Hall–Kier alpha value is -3.36. The van der Waals surface area contributed by atoms with Crippen molar-refractivity contribution >= 4 is 47.2 Å². The Balaban J connectivity index is 2.15. The molecule has 210 valence electrons. The van der Waals surface area contributed by atoms with E-state index in [2.05, 4.69) is 0 Å². The monoisotopic (exact) mass is 596 g/mol. The van der Waals surface area contributed by atoms with Crippen LogP contribution in [0.3, 0.4) is 0 Å². The molecule has 0 bridgehead atoms. The lowest BCUT2D eigenvalue weighted by Gasteiger charge is -2.29. The van der Waals surface area contributed by atoms with Gasteiger partial charge in [-0.3, -0.25) is 4.55 Å². The third kappa shape index (κ3) is 6.18. The van der Waals surface area contributed by atoms with Crippen molar-refractivity contribution in [1.29, 1.82) is 0 Å². The quantitative estimate of drug-likeness (QED) is 0.156. The van der Waals surface area contributed by atoms with Gasteiger partial charge in [-0.15, -0.1) is 0 Å². The van der Waals surface area contributed by atoms with E-state index in [0.717, 1.165) is 5.30 Å². The van der Waals surface area contributed by atoms with Crippen molar-refractivity contribution < 1.29 is 31.9 Å². The number of para-hydroxylation sites is 2. The van der Waals surface area contributed by atoms with E-state index in [1.165, 1.54) is 0 Å². The standard InChI is InChI=1S/C30H33O7PSSi/c1-34-22-19-24(35-2)29(25(20-22)36-3)38(26-16-11-10-15-23(26)37-21-13-8-7-9-14-21)27-17-12-18-28(40(4,5)6)30(27)39(31,32)33/h7-20H,1-6H3,(H,31,32,33). The summed E-state index contributed by atoms with van der Waals surface area (Å²) in [6.07, 6.45) is 0. The fourth-order valence-electron chi connectivity index (χ4n) is 4.48. The molecule has 0 saturated heterocycles. The molecule has 0 aliphatic heterocycles. The van der Waals surface area contributed by atoms with Crippen LogP contribution in [0.4, 0.5) is 0 Å². The molecule has 0 spiro atoms. The molecule has 0 aliphatic rings. The van der Waals surface area contributed by atoms with Crippen LogP contribution in [0.15, 0.2) is 89.8 Å². The normalized spacial score (nSPS) is 12.5. The van der Waals surface area contributed by atoms with E-state index in [1.807, 2.05) is 80.3 Å². The van der Waals surface area contributed by atoms with Crippen LogP contribution in [0.2, 0.25) is 19.6 Å². The highest BCUT2D eigenvalue weighted by Gasteiger charge is 2.36. The highest BCUT2D eigenvalue weighted by Crippen LogP contribution is 2.46. The molecule has 0 radical (unpaired) electrons. The molecule has 4 rings (SSSR count). The largest absolute Gasteiger partial charge is 0.496 e. The van der Waals surface area contributed by atoms with Crippen molar-refractivity contribution in [3.63, 3.8) is 0 Å². The Morgan fingerprint density at radius 3 is 1.80 bits per heavy atom. The van der Waals surface area contributed by atoms with Crippen molar-refractivity contribution in [3.05, 3.63) is 84.9 Å². The zero-order valence-corrected chi connectivity index (χ0v) is 26.0. The minimum atomic E-state index is -4.63. The zero-order chi connectivity index (χ0) is 29.1. The first-order chi connectivity index (χ1) is 19.0. The van der Waals surface area contributed by atoms with E-state index in [4.69, 9.17) is 18.9 Å². The molecular formula is C30H33O7PSSi. The molecule has 0 amide bonds. The van der Waals surface area contributed by atoms with Crippen LogP contribution in [-0.4, -0.2) is 42.4 Å². The summed E-state index contributed by atoms with van der Waals surface area (Å²) in [6.45, 7) is 6.14. The minimum absolute atomic E-state index is 0.0743. The van der Waals surface area contributed by atoms with Gasteiger partial charge in [-0.2, -0.15) is 8.42 Å². The van der Waals surface area contributed by atoms with E-state index < -0.39 is 26.1 Å². The summed E-state index contributed by atoms with van der Waals surface area (Å²) in [5.41, 5.74) is 0. The molecule has 40 heavy (non-hydrogen) atoms. The van der Waals surface area contributed by atoms with Crippen LogP contribution >= 0.6 is 7.92 Å². The van der Waals surface area contributed by atoms with Crippen LogP contribution in [0.5, 0.6) is 28.7 Å². The van der Waals surface area contributed by atoms with Gasteiger partial charge in [0.2, 0.25) is 0 Å². The Morgan fingerprint density at radius 1 is 0.675 bits per heavy atom. The van der Waals surface area contributed by atoms with E-state index >= 15 is 0 Å². The van der Waals surface area contributed by atoms with Crippen molar-refractivity contribution in [1.82, 2.24) is 0 Å². The summed E-state index contributed by atoms with van der Waals surface area (Å²) in [4.78, 5) is -0.0743. The Morgan fingerprint density at radius 2 is 1.25 bits per heavy atom. The second-order valence-corrected chi connectivity index (χ2v) is 18.5. The number of ether oxygens (including phenoxy) is 4. The van der Waals surface area contributed by atoms with Gasteiger partial charge in [-0.25, -0.2) is 0 Å². The van der Waals surface area contributed by atoms with Crippen molar-refractivity contribution in [2.24, 2.45) is 0 Å². The van der Waals surface area contributed by atoms with Crippen LogP contribution < -0.4 is 40.0 Å². The fourth-order valence-corrected chi connectivity index (χ4v) is 11.2. The minimum Gasteiger partial charge on any atom is -0.496 e. The number of hydrogen-bond donors (Lipinski definition) is 1. The maximum absolute atomic E-state index is 13.1. The average molecular weight is 597 g/mol. The third-order valence-electron chi connectivity index (χ3n) is 6.29. The Kier molecular flexibility index (Phi) is 8.90. The van der Waals surface area contributed by atoms with Crippen molar-refractivity contribution in [3.8, 4) is 28.7 Å². The van der Waals surface area contributed by atoms with E-state index in [9.17, 15) is 13.0 Å². The van der Waals surface area contributed by atoms with E-state index in [-0.39, 0.29) is 4.90 Å². The highest BCUT2D eigenvalue weighted by atomic mass is 32.2. The van der Waals surface area contributed by atoms with Gasteiger partial charge >= 0.3 is 0 Å². The fraction of sp³-hybridized carbons (Fsp3) is 0.200. The molecule has 0 fully saturated rings. The summed E-state index contributed by atoms with van der Waals surface area (Å²) in [5.74, 6) is 2.60. The first kappa shape index (κ1) is 29.6. The molecule has 0 aliphatic carbocycles. The molecule has 0 saturated carbocycles. The first-order valence-corrected chi connectivity index (χ1v) is 18.8. The molecule has 1 atom stereocenters. The lowest BCUT2D eigenvalue weighted by atomic mass is 10.3. The molecule has 7 nitrogen and oxygen atoms in total. The van der Waals surface area contributed by atoms with Gasteiger partial charge in [0, 0.05) is 22.7 Å². The van der Waals surface area contributed by atoms with Gasteiger partial charge in [0.25, 0.3) is 10.1 Å². The second kappa shape index (κ2) is 12.0. The number of rotatable bonds is 10. The summed E-state index contributed by atoms with van der Waals surface area (Å²) >= 11 is 0. The molecule has 0 heterocycles. The topological polar surface area (TPSA) is 91.3 Å². The molecular weight excluding hydrogens is 563 g/mol. The molecule has 1 N–H and O–H groups in total. The lowest BCUT2D eigenvalue weighted by molar-refractivity contribution is 0.380. The molecule has 1 unspecified atom stereocenters. The predicted octanol–water partition coefficient (Wildman–Crippen LogP) is 5.05. The van der Waals surface area contributed by atoms with Gasteiger partial charge in [0.15, 0.2) is 0 Å². The average Bonchev–Trinajstić information content (AvgIpc) is 2.93. The summed E-state index contributed by atoms with van der Waals surface area (Å²) in [6, 6.07) is 25.7. The van der Waals surface area contributed by atoms with Crippen LogP contribution in [0.1, 0.15) is 0 Å². The van der Waals surface area contributed by atoms with E-state index in [1.54, 1.807) is 45.6 Å². The number of hydrogen-bond acceptors (Lipinski definition) is 6. The molecule has 0 aromatic heterocycles. The highest BCUT2D eigenvalue weighted by molar-refractivity contribution is 7.88. The van der Waals surface area contributed by atoms with Crippen LogP contribution in [0, 0.1) is 0 Å². The molecule has 4 aromatic rings. The summed E-state index contributed by atoms with van der Waals surface area (Å²) < 4.78 is 60.5. The van der Waals surface area contributed by atoms with Crippen molar-refractivity contribution in [2.75, 3.05) is 21.3 Å². The molecule has 4 aromatic carbocycles. The number of methoxy groups -OCH3 is 3. The first-order valence-electron chi connectivity index (χ1n) is 12.5. The summed E-state index contributed by atoms with van der Waals surface area (Å²) in [7, 11) is -3.97. The van der Waals surface area contributed by atoms with Gasteiger partial charge in [0.1, 0.15) is 33.6 Å². The Bertz CT molecular complexity index is 1580. The van der Waals surface area contributed by atoms with Crippen LogP contribution in [0.25, 0.3) is 0 Å². The summed E-state index contributed by atoms with van der Waals surface area (Å²) in [5, 5.41) is 2.43. The predicted molar refractivity (Wildman–Crippen MR) is 164 cm³/mol. The van der Waals surface area contributed by atoms with Gasteiger partial charge < -0.3 is 18.9 Å². The lowest BCUT2D eigenvalue weighted by Crippen LogP contribution is -2.44. The third-order valence-corrected chi connectivity index (χ3v) is 12.2. The van der Waals surface area contributed by atoms with E-state index in [0.29, 0.717) is 44.5 Å². The van der Waals surface area contributed by atoms with Gasteiger partial charge in [-0.1, -0.05) is 74.2 Å². The zero-order valence-electron chi connectivity index (χ0n) is 23.3. The van der Waals surface area contributed by atoms with Crippen molar-refractivity contribution in [2.45, 2.75) is 24.5 Å². The maximum atomic E-state index is 13.1. The van der Waals surface area contributed by atoms with Crippen LogP contribution in [-0.2, 0) is 10.1 Å². The smallest absolute Gasteiger partial charge is 0.295 e. The Labute approximate surface area is 238 Å². The molecule has 10 heteroatoms.